The highest BCUT2D eigenvalue weighted by atomic mass is 28.4. The summed E-state index contributed by atoms with van der Waals surface area (Å²) in [6.07, 6.45) is 0.293. The van der Waals surface area contributed by atoms with E-state index in [2.05, 4.69) is 152 Å². The number of carbonyl (C=O) groups excluding carboxylic acids is 1. The minimum absolute atomic E-state index is 0.0160. The van der Waals surface area contributed by atoms with Crippen molar-refractivity contribution < 1.29 is 22.5 Å². The fourth-order valence-electron chi connectivity index (χ4n) is 4.92. The molecule has 0 saturated carbocycles. The van der Waals surface area contributed by atoms with E-state index >= 15 is 0 Å². The summed E-state index contributed by atoms with van der Waals surface area (Å²) in [5.74, 6) is 0. The van der Waals surface area contributed by atoms with Crippen molar-refractivity contribution >= 4 is 39.6 Å². The molecule has 48 heavy (non-hydrogen) atoms. The van der Waals surface area contributed by atoms with Crippen LogP contribution in [0.25, 0.3) is 0 Å². The molecule has 1 heterocycles. The zero-order valence-corrected chi connectivity index (χ0v) is 38.8. The Hall–Kier alpha value is -0.442. The maximum Gasteiger partial charge on any atom is 0.192 e. The van der Waals surface area contributed by atoms with Crippen molar-refractivity contribution in [2.24, 2.45) is 0 Å². The quantitative estimate of drug-likeness (QED) is 0.157. The Kier molecular flexibility index (Phi) is 13.6. The molecule has 0 radical (unpaired) electrons. The number of aldehydes is 1. The molecule has 0 spiro atoms. The first kappa shape index (κ1) is 43.7. The third-order valence-corrected chi connectivity index (χ3v) is 30.6. The van der Waals surface area contributed by atoms with Gasteiger partial charge in [-0.3, -0.25) is 9.69 Å². The standard InChI is InChI=1S/C38H75NO5Si4/c1-35(2,3)45(13,14)41-28-31-33(43-47(17,18)37(7,8)9)34(44-48(19,20)38(10,11)12)32(42-46(15,16)36(4,5)6)26-39(31)25-29-21-23-30(27-40)24-22-29/h21-24,27,31-34H,25-26,28H2,1-20H3. The van der Waals surface area contributed by atoms with Gasteiger partial charge in [0.2, 0.25) is 0 Å². The van der Waals surface area contributed by atoms with Gasteiger partial charge in [0, 0.05) is 18.7 Å². The summed E-state index contributed by atoms with van der Waals surface area (Å²) in [6, 6.07) is 7.98. The molecule has 1 aliphatic rings. The van der Waals surface area contributed by atoms with Gasteiger partial charge in [-0.2, -0.15) is 0 Å². The van der Waals surface area contributed by atoms with Crippen LogP contribution in [-0.4, -0.2) is 82.0 Å². The molecule has 6 nitrogen and oxygen atoms in total. The third-order valence-electron chi connectivity index (χ3n) is 12.6. The molecule has 278 valence electrons. The Balaban J connectivity index is 2.88. The van der Waals surface area contributed by atoms with Crippen molar-refractivity contribution in [2.45, 2.75) is 187 Å². The van der Waals surface area contributed by atoms with E-state index in [-0.39, 0.29) is 44.5 Å². The Morgan fingerprint density at radius 1 is 0.625 bits per heavy atom. The molecule has 0 N–H and O–H groups in total. The molecular formula is C38H75NO5Si4. The van der Waals surface area contributed by atoms with Crippen LogP contribution < -0.4 is 0 Å². The highest BCUT2D eigenvalue weighted by Crippen LogP contribution is 2.46. The Bertz CT molecular complexity index is 1200. The Labute approximate surface area is 300 Å². The van der Waals surface area contributed by atoms with Crippen LogP contribution in [0, 0.1) is 0 Å². The summed E-state index contributed by atoms with van der Waals surface area (Å²) in [7, 11) is -8.84. The maximum absolute atomic E-state index is 11.5. The first-order chi connectivity index (χ1) is 21.3. The number of nitrogens with zero attached hydrogens (tertiary/aromatic N) is 1. The lowest BCUT2D eigenvalue weighted by atomic mass is 9.93. The lowest BCUT2D eigenvalue weighted by Gasteiger charge is -2.56. The van der Waals surface area contributed by atoms with Gasteiger partial charge >= 0.3 is 0 Å². The summed E-state index contributed by atoms with van der Waals surface area (Å²) < 4.78 is 29.8. The molecule has 2 rings (SSSR count). The monoisotopic (exact) mass is 737 g/mol. The van der Waals surface area contributed by atoms with Gasteiger partial charge in [-0.25, -0.2) is 0 Å². The fourth-order valence-corrected chi connectivity index (χ4v) is 9.90. The molecule has 0 amide bonds. The van der Waals surface area contributed by atoms with Crippen molar-refractivity contribution in [3.63, 3.8) is 0 Å². The Morgan fingerprint density at radius 2 is 1.02 bits per heavy atom. The smallest absolute Gasteiger partial charge is 0.192 e. The van der Waals surface area contributed by atoms with Gasteiger partial charge in [0.15, 0.2) is 33.3 Å². The summed E-state index contributed by atoms with van der Waals surface area (Å²) in [4.78, 5) is 14.1. The summed E-state index contributed by atoms with van der Waals surface area (Å²) >= 11 is 0. The maximum atomic E-state index is 11.5. The van der Waals surface area contributed by atoms with E-state index in [1.807, 2.05) is 12.1 Å². The average Bonchev–Trinajstić information content (AvgIpc) is 2.87. The number of rotatable bonds is 12. The molecule has 0 aromatic heterocycles. The summed E-state index contributed by atoms with van der Waals surface area (Å²) in [6.45, 7) is 48.7. The van der Waals surface area contributed by atoms with E-state index in [0.29, 0.717) is 18.7 Å². The largest absolute Gasteiger partial charge is 0.415 e. The van der Waals surface area contributed by atoms with Crippen LogP contribution >= 0.6 is 0 Å². The molecular weight excluding hydrogens is 663 g/mol. The van der Waals surface area contributed by atoms with Crippen LogP contribution in [-0.2, 0) is 24.2 Å². The zero-order chi connectivity index (χ0) is 37.5. The summed E-state index contributed by atoms with van der Waals surface area (Å²) in [5.41, 5.74) is 1.86. The van der Waals surface area contributed by atoms with Crippen molar-refractivity contribution in [2.75, 3.05) is 13.2 Å². The third kappa shape index (κ3) is 10.6. The lowest BCUT2D eigenvalue weighted by molar-refractivity contribution is -0.130. The van der Waals surface area contributed by atoms with Crippen LogP contribution in [0.3, 0.4) is 0 Å². The van der Waals surface area contributed by atoms with E-state index in [1.165, 1.54) is 5.56 Å². The minimum Gasteiger partial charge on any atom is -0.415 e. The van der Waals surface area contributed by atoms with Crippen LogP contribution in [0.15, 0.2) is 24.3 Å². The van der Waals surface area contributed by atoms with Gasteiger partial charge in [-0.05, 0) is 78.1 Å². The second-order valence-electron chi connectivity index (χ2n) is 20.5. The molecule has 10 heteroatoms. The number of carbonyl (C=O) groups is 1. The first-order valence-corrected chi connectivity index (χ1v) is 29.9. The van der Waals surface area contributed by atoms with Crippen LogP contribution in [0.1, 0.15) is 99.0 Å². The summed E-state index contributed by atoms with van der Waals surface area (Å²) in [5, 5.41) is 0.169. The van der Waals surface area contributed by atoms with Crippen LogP contribution in [0.4, 0.5) is 0 Å². The van der Waals surface area contributed by atoms with Crippen LogP contribution in [0.5, 0.6) is 0 Å². The van der Waals surface area contributed by atoms with Gasteiger partial charge in [-0.15, -0.1) is 0 Å². The van der Waals surface area contributed by atoms with Gasteiger partial charge in [-0.1, -0.05) is 107 Å². The predicted molar refractivity (Wildman–Crippen MR) is 215 cm³/mol. The van der Waals surface area contributed by atoms with E-state index in [1.54, 1.807) is 0 Å². The van der Waals surface area contributed by atoms with E-state index in [9.17, 15) is 4.79 Å². The van der Waals surface area contributed by atoms with E-state index < -0.39 is 33.3 Å². The number of benzene rings is 1. The molecule has 1 aromatic rings. The highest BCUT2D eigenvalue weighted by molar-refractivity contribution is 6.75. The van der Waals surface area contributed by atoms with Crippen molar-refractivity contribution in [1.82, 2.24) is 4.90 Å². The first-order valence-electron chi connectivity index (χ1n) is 18.2. The van der Waals surface area contributed by atoms with Gasteiger partial charge < -0.3 is 17.7 Å². The molecule has 0 aliphatic carbocycles. The topological polar surface area (TPSA) is 57.2 Å². The van der Waals surface area contributed by atoms with E-state index in [4.69, 9.17) is 17.7 Å². The average molecular weight is 738 g/mol. The SMILES string of the molecule is CC(C)(C)[Si](C)(C)OCC1C(O[Si](C)(C)C(C)(C)C)C(O[Si](C)(C)C(C)(C)C)C(O[Si](C)(C)C(C)(C)C)CN1Cc1ccc(C=O)cc1. The second-order valence-corrected chi connectivity index (χ2v) is 39.6. The number of likely N-dealkylation sites (tertiary alicyclic amines) is 1. The lowest BCUT2D eigenvalue weighted by Crippen LogP contribution is -2.70. The number of hydrogen-bond donors (Lipinski definition) is 0. The second kappa shape index (κ2) is 14.9. The molecule has 4 unspecified atom stereocenters. The van der Waals surface area contributed by atoms with Gasteiger partial charge in [0.1, 0.15) is 6.29 Å². The zero-order valence-electron chi connectivity index (χ0n) is 34.8. The fraction of sp³-hybridized carbons (Fsp3) is 0.816. The Morgan fingerprint density at radius 3 is 1.42 bits per heavy atom. The highest BCUT2D eigenvalue weighted by Gasteiger charge is 2.55. The molecule has 4 atom stereocenters. The van der Waals surface area contributed by atoms with E-state index in [0.717, 1.165) is 12.8 Å². The number of piperidine rings is 1. The van der Waals surface area contributed by atoms with Crippen LogP contribution in [0.2, 0.25) is 72.5 Å². The van der Waals surface area contributed by atoms with Crippen molar-refractivity contribution in [3.05, 3.63) is 35.4 Å². The minimum atomic E-state index is -2.29. The molecule has 0 bridgehead atoms. The molecule has 1 fully saturated rings. The predicted octanol–water partition coefficient (Wildman–Crippen LogP) is 10.9. The molecule has 1 saturated heterocycles. The van der Waals surface area contributed by atoms with Crippen molar-refractivity contribution in [3.8, 4) is 0 Å². The molecule has 1 aromatic carbocycles. The molecule has 1 aliphatic heterocycles. The van der Waals surface area contributed by atoms with Gasteiger partial charge in [0.05, 0.1) is 31.0 Å². The van der Waals surface area contributed by atoms with Crippen molar-refractivity contribution in [1.29, 1.82) is 0 Å². The van der Waals surface area contributed by atoms with Gasteiger partial charge in [0.25, 0.3) is 0 Å². The normalized spacial score (nSPS) is 23.0. The number of hydrogen-bond acceptors (Lipinski definition) is 6.